The van der Waals surface area contributed by atoms with Crippen LogP contribution in [0.4, 0.5) is 0 Å². The van der Waals surface area contributed by atoms with Crippen molar-refractivity contribution >= 4 is 172 Å². The molecule has 0 atom stereocenters. The third kappa shape index (κ3) is 11.8. The Kier molecular flexibility index (Phi) is 17.2. The van der Waals surface area contributed by atoms with E-state index < -0.39 is 0 Å². The zero-order valence-electron chi connectivity index (χ0n) is 70.8. The number of aromatic nitrogens is 9. The van der Waals surface area contributed by atoms with Gasteiger partial charge in [0.05, 0.1) is 59.9 Å². The Labute approximate surface area is 755 Å². The first-order valence-electron chi connectivity index (χ1n) is 44.2. The summed E-state index contributed by atoms with van der Waals surface area (Å²) < 4.78 is 16.9. The molecule has 0 spiro atoms. The zero-order chi connectivity index (χ0) is 85.8. The zero-order valence-corrected chi connectivity index (χ0v) is 72.5. The molecule has 18 aromatic carbocycles. The van der Waals surface area contributed by atoms with E-state index >= 15 is 0 Å². The summed E-state index contributed by atoms with van der Waals surface area (Å²) in [5.41, 5.74) is 27.4. The van der Waals surface area contributed by atoms with Crippen molar-refractivity contribution in [3.8, 4) is 85.0 Å². The normalized spacial score (nSPS) is 12.4. The maximum absolute atomic E-state index is 5.08. The van der Waals surface area contributed by atoms with E-state index in [0.29, 0.717) is 17.6 Å². The summed E-state index contributed by atoms with van der Waals surface area (Å²) in [6.45, 7) is 4.64. The molecule has 0 aliphatic heterocycles. The van der Waals surface area contributed by atoms with Gasteiger partial charge in [0.1, 0.15) is 0 Å². The lowest BCUT2D eigenvalue weighted by atomic mass is 9.82. The van der Waals surface area contributed by atoms with Crippen molar-refractivity contribution in [1.82, 2.24) is 42.8 Å². The molecule has 0 unspecified atom stereocenters. The summed E-state index contributed by atoms with van der Waals surface area (Å²) in [5.74, 6) is 2.92. The molecule has 0 amide bonds. The molecule has 0 fully saturated rings. The highest BCUT2D eigenvalue weighted by Crippen LogP contribution is 2.52. The minimum absolute atomic E-state index is 0.106. The molecule has 0 saturated carbocycles. The van der Waals surface area contributed by atoms with Crippen LogP contribution in [0.5, 0.6) is 0 Å². The number of para-hydroxylation sites is 8. The van der Waals surface area contributed by atoms with Crippen LogP contribution in [-0.4, -0.2) is 42.8 Å². The SMILES string of the molecule is CC1(C)c2ccccc2-c2cc3c4ccccc4n(-c4nc(-c5ccccc5)nc(-c5ccccc5)n4)c3cc21.c1cc(-c2cccc(-n3c4ccccc4c4cc(-n5c6ccccc6c6ccccc65)ccc43)c2)cc(-c2cccc3c2sc2ccccc23)c1.c1ccc2c(c1)c1ccccc1n2-c1ccc2sc3c(-n4c5ccccc5c5ccccc54)nccc3c2c1. The minimum Gasteiger partial charge on any atom is -0.309 e. The van der Waals surface area contributed by atoms with Crippen LogP contribution in [0, 0.1) is 0 Å². The number of hydrogen-bond donors (Lipinski definition) is 0. The highest BCUT2D eigenvalue weighted by atomic mass is 32.1. The van der Waals surface area contributed by atoms with Gasteiger partial charge in [-0.2, -0.15) is 9.97 Å². The lowest BCUT2D eigenvalue weighted by Gasteiger charge is -2.21. The van der Waals surface area contributed by atoms with Gasteiger partial charge in [0.15, 0.2) is 17.5 Å². The van der Waals surface area contributed by atoms with Crippen molar-refractivity contribution < 1.29 is 0 Å². The second kappa shape index (κ2) is 29.9. The summed E-state index contributed by atoms with van der Waals surface area (Å²) in [7, 11) is 0. The van der Waals surface area contributed by atoms with E-state index in [0.717, 1.165) is 33.7 Å². The number of thiophene rings is 2. The summed E-state index contributed by atoms with van der Waals surface area (Å²) in [6.07, 6.45) is 1.96. The van der Waals surface area contributed by atoms with Crippen LogP contribution in [0.3, 0.4) is 0 Å². The quantitative estimate of drug-likeness (QED) is 0.144. The van der Waals surface area contributed by atoms with Gasteiger partial charge in [-0.1, -0.05) is 311 Å². The smallest absolute Gasteiger partial charge is 0.238 e. The molecule has 0 radical (unpaired) electrons. The van der Waals surface area contributed by atoms with Crippen molar-refractivity contribution in [3.05, 3.63) is 442 Å². The van der Waals surface area contributed by atoms with Crippen LogP contribution in [0.15, 0.2) is 431 Å². The third-order valence-corrected chi connectivity index (χ3v) is 29.2. The largest absolute Gasteiger partial charge is 0.309 e. The predicted octanol–water partition coefficient (Wildman–Crippen LogP) is 31.8. The Morgan fingerprint density at radius 1 is 0.215 bits per heavy atom. The van der Waals surface area contributed by atoms with Gasteiger partial charge < -0.3 is 13.7 Å². The molecule has 130 heavy (non-hydrogen) atoms. The Morgan fingerprint density at radius 3 is 1.17 bits per heavy atom. The fourth-order valence-electron chi connectivity index (χ4n) is 20.8. The molecule has 9 nitrogen and oxygen atoms in total. The Balaban J connectivity index is 0.000000104. The van der Waals surface area contributed by atoms with E-state index in [1.165, 1.54) is 194 Å². The Morgan fingerprint density at radius 2 is 0.600 bits per heavy atom. The van der Waals surface area contributed by atoms with Crippen LogP contribution >= 0.6 is 22.7 Å². The highest BCUT2D eigenvalue weighted by Gasteiger charge is 2.37. The van der Waals surface area contributed by atoms with Gasteiger partial charge in [-0.15, -0.1) is 22.7 Å². The first kappa shape index (κ1) is 74.9. The topological polar surface area (TPSA) is 76.2 Å². The standard InChI is InChI=1S/C48H30N2S.C36H26N4.C35H21N3S/c1-5-22-43-37(16-1)38-17-2-6-23-44(38)50(43)35-26-27-46-42(30-35)39-18-3-7-24-45(39)49(46)34-15-10-13-32(29-34)31-12-9-14-33(28-31)36-20-11-21-41-40-19-4-8-25-47(40)51-48(36)41;1-36(2)29-19-11-9-17-25(29)27-21-28-26-18-10-12-20-31(26)40(32(28)22-30(27)36)35-38-33(23-13-5-3-6-14-23)37-34(39-35)24-15-7-4-8-16-24;1-5-13-29-23(9-1)24-10-2-6-14-30(24)37(29)22-17-18-33-28(21-22)27-19-20-36-35(34(27)39-33)38-31-15-7-3-11-25(31)26-12-4-8-16-32(26)38/h1-30H;3-22H,1-2H3;1-21H. The van der Waals surface area contributed by atoms with E-state index in [2.05, 4.69) is 401 Å². The van der Waals surface area contributed by atoms with Crippen LogP contribution in [0.2, 0.25) is 0 Å². The average molecular weight is 1700 g/mol. The van der Waals surface area contributed by atoms with E-state index in [9.17, 15) is 0 Å². The summed E-state index contributed by atoms with van der Waals surface area (Å²) in [5, 5.41) is 17.6. The molecule has 0 bridgehead atoms. The molecular formula is C119H77N9S2. The second-order valence-corrected chi connectivity index (χ2v) is 36.4. The predicted molar refractivity (Wildman–Crippen MR) is 547 cm³/mol. The molecule has 27 aromatic rings. The summed E-state index contributed by atoms with van der Waals surface area (Å²) >= 11 is 3.71. The number of nitrogens with zero attached hydrogens (tertiary/aromatic N) is 9. The minimum atomic E-state index is -0.106. The Bertz CT molecular complexity index is 9100. The van der Waals surface area contributed by atoms with Crippen LogP contribution < -0.4 is 0 Å². The maximum atomic E-state index is 5.08. The number of fused-ring (bicyclic) bond motifs is 24. The molecule has 1 aliphatic carbocycles. The van der Waals surface area contributed by atoms with Gasteiger partial charge >= 0.3 is 0 Å². The van der Waals surface area contributed by atoms with Crippen molar-refractivity contribution in [1.29, 1.82) is 0 Å². The molecular weight excluding hydrogens is 1620 g/mol. The molecule has 0 N–H and O–H groups in total. The molecule has 11 heteroatoms. The number of pyridine rings is 1. The maximum Gasteiger partial charge on any atom is 0.238 e. The van der Waals surface area contributed by atoms with Crippen molar-refractivity contribution in [3.63, 3.8) is 0 Å². The van der Waals surface area contributed by atoms with Gasteiger partial charge in [-0.05, 0) is 172 Å². The highest BCUT2D eigenvalue weighted by molar-refractivity contribution is 7.26. The second-order valence-electron chi connectivity index (χ2n) is 34.3. The first-order valence-corrected chi connectivity index (χ1v) is 45.9. The fraction of sp³-hybridized carbons (Fsp3) is 0.0252. The molecule has 1 aliphatic rings. The average Bonchev–Trinajstić information content (AvgIpc) is 1.61. The van der Waals surface area contributed by atoms with Crippen LogP contribution in [-0.2, 0) is 5.41 Å². The molecule has 9 aromatic heterocycles. The lowest BCUT2D eigenvalue weighted by molar-refractivity contribution is 0.661. The van der Waals surface area contributed by atoms with E-state index in [-0.39, 0.29) is 5.41 Å². The fourth-order valence-corrected chi connectivity index (χ4v) is 23.2. The first-order chi connectivity index (χ1) is 64.3. The molecule has 9 heterocycles. The van der Waals surface area contributed by atoms with E-state index in [1.54, 1.807) is 0 Å². The van der Waals surface area contributed by atoms with E-state index in [4.69, 9.17) is 19.9 Å². The van der Waals surface area contributed by atoms with Crippen LogP contribution in [0.1, 0.15) is 25.0 Å². The van der Waals surface area contributed by atoms with Gasteiger partial charge in [-0.25, -0.2) is 9.97 Å². The number of rotatable bonds is 9. The molecule has 610 valence electrons. The number of hydrogen-bond acceptors (Lipinski definition) is 6. The monoisotopic (exact) mass is 1700 g/mol. The van der Waals surface area contributed by atoms with Gasteiger partial charge in [0, 0.05) is 129 Å². The van der Waals surface area contributed by atoms with Crippen molar-refractivity contribution in [2.24, 2.45) is 0 Å². The van der Waals surface area contributed by atoms with E-state index in [1.807, 2.05) is 89.5 Å². The summed E-state index contributed by atoms with van der Waals surface area (Å²) in [4.78, 5) is 20.0. The molecule has 28 rings (SSSR count). The Hall–Kier alpha value is -16.4. The third-order valence-electron chi connectivity index (χ3n) is 26.8. The summed E-state index contributed by atoms with van der Waals surface area (Å²) in [6, 6.07) is 153. The van der Waals surface area contributed by atoms with Crippen molar-refractivity contribution in [2.75, 3.05) is 0 Å². The van der Waals surface area contributed by atoms with Gasteiger partial charge in [0.2, 0.25) is 5.95 Å². The van der Waals surface area contributed by atoms with Gasteiger partial charge in [-0.3, -0.25) is 9.13 Å². The number of benzene rings is 18. The lowest BCUT2D eigenvalue weighted by Crippen LogP contribution is -2.15. The molecule has 0 saturated heterocycles. The van der Waals surface area contributed by atoms with Gasteiger partial charge in [0.25, 0.3) is 0 Å². The van der Waals surface area contributed by atoms with Crippen molar-refractivity contribution in [2.45, 2.75) is 19.3 Å². The van der Waals surface area contributed by atoms with Crippen LogP contribution in [0.25, 0.3) is 234 Å².